The number of nitrogens with zero attached hydrogens (tertiary/aromatic N) is 2. The number of Topliss-reactive ketones (excluding diaryl/α,β-unsaturated/α-hetero) is 1. The van der Waals surface area contributed by atoms with E-state index in [2.05, 4.69) is 24.9 Å². The van der Waals surface area contributed by atoms with E-state index >= 15 is 0 Å². The molecule has 1 aliphatic carbocycles. The molecule has 0 N–H and O–H groups in total. The molecule has 0 unspecified atom stereocenters. The lowest BCUT2D eigenvalue weighted by Crippen LogP contribution is -2.25. The molecule has 0 spiro atoms. The van der Waals surface area contributed by atoms with Crippen molar-refractivity contribution in [3.05, 3.63) is 34.0 Å². The van der Waals surface area contributed by atoms with Crippen molar-refractivity contribution in [2.24, 2.45) is 5.41 Å². The maximum absolute atomic E-state index is 12.2. The monoisotopic (exact) mass is 286 g/mol. The molecular weight excluding hydrogens is 268 g/mol. The van der Waals surface area contributed by atoms with E-state index in [1.54, 1.807) is 0 Å². The molecule has 0 saturated heterocycles. The number of thiazole rings is 1. The molecule has 0 radical (unpaired) electrons. The van der Waals surface area contributed by atoms with Crippen molar-refractivity contribution in [2.75, 3.05) is 0 Å². The first kappa shape index (κ1) is 13.4. The first-order valence-electron chi connectivity index (χ1n) is 6.82. The average molecular weight is 286 g/mol. The number of hydrogen-bond acceptors (Lipinski definition) is 4. The summed E-state index contributed by atoms with van der Waals surface area (Å²) in [6.07, 6.45) is 3.34. The predicted octanol–water partition coefficient (Wildman–Crippen LogP) is 3.98. The van der Waals surface area contributed by atoms with E-state index in [9.17, 15) is 4.79 Å². The molecule has 0 bridgehead atoms. The van der Waals surface area contributed by atoms with Gasteiger partial charge in [0, 0.05) is 12.6 Å². The van der Waals surface area contributed by atoms with Crippen molar-refractivity contribution in [2.45, 2.75) is 40.5 Å². The van der Waals surface area contributed by atoms with E-state index < -0.39 is 0 Å². The van der Waals surface area contributed by atoms with Gasteiger partial charge in [-0.25, -0.2) is 4.98 Å². The Kier molecular flexibility index (Phi) is 3.01. The van der Waals surface area contributed by atoms with Gasteiger partial charge in [-0.05, 0) is 36.8 Å². The van der Waals surface area contributed by atoms with Crippen LogP contribution in [0.25, 0.3) is 10.7 Å². The molecule has 0 amide bonds. The van der Waals surface area contributed by atoms with Crippen LogP contribution in [0, 0.1) is 19.3 Å². The van der Waals surface area contributed by atoms with Crippen LogP contribution < -0.4 is 0 Å². The molecule has 104 valence electrons. The van der Waals surface area contributed by atoms with Crippen LogP contribution in [0.5, 0.6) is 0 Å². The van der Waals surface area contributed by atoms with E-state index in [1.807, 2.05) is 20.0 Å². The molecule has 4 heteroatoms. The summed E-state index contributed by atoms with van der Waals surface area (Å²) in [6, 6.07) is 2.11. The lowest BCUT2D eigenvalue weighted by molar-refractivity contribution is 0.0916. The number of carbonyl (C=O) groups is 1. The van der Waals surface area contributed by atoms with Gasteiger partial charge in [-0.3, -0.25) is 9.78 Å². The minimum Gasteiger partial charge on any atom is -0.293 e. The Balaban J connectivity index is 2.08. The van der Waals surface area contributed by atoms with Crippen molar-refractivity contribution in [1.82, 2.24) is 9.97 Å². The highest BCUT2D eigenvalue weighted by Crippen LogP contribution is 2.39. The van der Waals surface area contributed by atoms with E-state index in [0.29, 0.717) is 6.42 Å². The predicted molar refractivity (Wildman–Crippen MR) is 81.3 cm³/mol. The van der Waals surface area contributed by atoms with Gasteiger partial charge in [0.05, 0.1) is 10.6 Å². The van der Waals surface area contributed by atoms with E-state index in [-0.39, 0.29) is 11.2 Å². The molecule has 2 aromatic rings. The molecule has 20 heavy (non-hydrogen) atoms. The van der Waals surface area contributed by atoms with Gasteiger partial charge >= 0.3 is 0 Å². The number of pyridine rings is 1. The highest BCUT2D eigenvalue weighted by molar-refractivity contribution is 7.17. The van der Waals surface area contributed by atoms with Crippen LogP contribution in [0.1, 0.15) is 46.8 Å². The second kappa shape index (κ2) is 4.48. The lowest BCUT2D eigenvalue weighted by atomic mass is 9.78. The molecule has 0 fully saturated rings. The number of hydrogen-bond donors (Lipinski definition) is 0. The zero-order chi connectivity index (χ0) is 14.5. The topological polar surface area (TPSA) is 42.9 Å². The Hall–Kier alpha value is -1.55. The molecule has 0 aliphatic heterocycles. The van der Waals surface area contributed by atoms with E-state index in [1.165, 1.54) is 11.3 Å². The summed E-state index contributed by atoms with van der Waals surface area (Å²) in [5.74, 6) is 0.227. The molecule has 3 rings (SSSR count). The van der Waals surface area contributed by atoms with Crippen molar-refractivity contribution in [3.63, 3.8) is 0 Å². The maximum atomic E-state index is 12.2. The van der Waals surface area contributed by atoms with Gasteiger partial charge in [-0.15, -0.1) is 11.3 Å². The van der Waals surface area contributed by atoms with Crippen LogP contribution in [0.3, 0.4) is 0 Å². The Morgan fingerprint density at radius 2 is 2.00 bits per heavy atom. The van der Waals surface area contributed by atoms with Crippen molar-refractivity contribution >= 4 is 17.1 Å². The number of fused-ring (bicyclic) bond motifs is 1. The highest BCUT2D eigenvalue weighted by atomic mass is 32.1. The Morgan fingerprint density at radius 1 is 1.25 bits per heavy atom. The molecular formula is C16H18N2OS. The van der Waals surface area contributed by atoms with Gasteiger partial charge in [0.2, 0.25) is 0 Å². The van der Waals surface area contributed by atoms with Crippen LogP contribution >= 0.6 is 11.3 Å². The minimum atomic E-state index is 0.0190. The third kappa shape index (κ3) is 2.29. The minimum absolute atomic E-state index is 0.0190. The molecule has 0 atom stereocenters. The normalized spacial score (nSPS) is 17.1. The van der Waals surface area contributed by atoms with Gasteiger partial charge in [0.1, 0.15) is 10.7 Å². The summed E-state index contributed by atoms with van der Waals surface area (Å²) in [6.45, 7) is 8.33. The zero-order valence-corrected chi connectivity index (χ0v) is 13.1. The summed E-state index contributed by atoms with van der Waals surface area (Å²) < 4.78 is 0. The zero-order valence-electron chi connectivity index (χ0n) is 12.3. The summed E-state index contributed by atoms with van der Waals surface area (Å²) in [5.41, 5.74) is 4.13. The molecule has 2 heterocycles. The van der Waals surface area contributed by atoms with Crippen molar-refractivity contribution in [1.29, 1.82) is 0 Å². The number of aryl methyl sites for hydroxylation is 2. The van der Waals surface area contributed by atoms with Gasteiger partial charge in [-0.1, -0.05) is 19.9 Å². The smallest absolute Gasteiger partial charge is 0.175 e. The molecule has 3 nitrogen and oxygen atoms in total. The molecule has 0 saturated carbocycles. The number of aromatic nitrogens is 2. The third-order valence-electron chi connectivity index (χ3n) is 3.65. The fraction of sp³-hybridized carbons (Fsp3) is 0.438. The Morgan fingerprint density at radius 3 is 2.70 bits per heavy atom. The van der Waals surface area contributed by atoms with Crippen LogP contribution in [0.4, 0.5) is 0 Å². The summed E-state index contributed by atoms with van der Waals surface area (Å²) >= 11 is 1.49. The summed E-state index contributed by atoms with van der Waals surface area (Å²) in [4.78, 5) is 22.3. The Bertz CT molecular complexity index is 700. The highest BCUT2D eigenvalue weighted by Gasteiger charge is 2.34. The standard InChI is InChI=1S/C16H18N2OS/c1-9-5-10(2)13(17-8-9)15-18-11-6-16(3,4)7-12(19)14(11)20-15/h5,8H,6-7H2,1-4H3. The summed E-state index contributed by atoms with van der Waals surface area (Å²) in [5, 5.41) is 0.874. The van der Waals surface area contributed by atoms with Gasteiger partial charge in [-0.2, -0.15) is 0 Å². The van der Waals surface area contributed by atoms with Gasteiger partial charge in [0.25, 0.3) is 0 Å². The van der Waals surface area contributed by atoms with Gasteiger partial charge in [0.15, 0.2) is 5.78 Å². The van der Waals surface area contributed by atoms with Crippen LogP contribution in [0.15, 0.2) is 12.3 Å². The van der Waals surface area contributed by atoms with E-state index in [0.717, 1.165) is 38.8 Å². The Labute approximate surface area is 123 Å². The van der Waals surface area contributed by atoms with Crippen molar-refractivity contribution < 1.29 is 4.79 Å². The fourth-order valence-corrected chi connectivity index (χ4v) is 3.84. The van der Waals surface area contributed by atoms with Crippen LogP contribution in [0.2, 0.25) is 0 Å². The van der Waals surface area contributed by atoms with Crippen LogP contribution in [-0.4, -0.2) is 15.8 Å². The number of rotatable bonds is 1. The first-order valence-corrected chi connectivity index (χ1v) is 7.64. The quantitative estimate of drug-likeness (QED) is 0.796. The van der Waals surface area contributed by atoms with E-state index in [4.69, 9.17) is 4.98 Å². The average Bonchev–Trinajstić information content (AvgIpc) is 2.70. The molecule has 1 aliphatic rings. The van der Waals surface area contributed by atoms with Crippen LogP contribution in [-0.2, 0) is 6.42 Å². The lowest BCUT2D eigenvalue weighted by Gasteiger charge is -2.26. The SMILES string of the molecule is Cc1cnc(-c2nc3c(s2)C(=O)CC(C)(C)C3)c(C)c1. The second-order valence-corrected chi connectivity index (χ2v) is 7.41. The third-order valence-corrected chi connectivity index (χ3v) is 4.80. The second-order valence-electron chi connectivity index (χ2n) is 6.41. The maximum Gasteiger partial charge on any atom is 0.175 e. The number of carbonyl (C=O) groups excluding carboxylic acids is 1. The first-order chi connectivity index (χ1) is 9.35. The molecule has 2 aromatic heterocycles. The largest absolute Gasteiger partial charge is 0.293 e. The molecule has 0 aromatic carbocycles. The van der Waals surface area contributed by atoms with Crippen molar-refractivity contribution in [3.8, 4) is 10.7 Å². The summed E-state index contributed by atoms with van der Waals surface area (Å²) in [7, 11) is 0. The fourth-order valence-electron chi connectivity index (χ4n) is 2.76. The van der Waals surface area contributed by atoms with Gasteiger partial charge < -0.3 is 0 Å². The number of ketones is 1.